The molecule has 1 aromatic carbocycles. The summed E-state index contributed by atoms with van der Waals surface area (Å²) in [6.45, 7) is 3.95. The first-order valence-electron chi connectivity index (χ1n) is 11.1. The van der Waals surface area contributed by atoms with Gasteiger partial charge in [0.1, 0.15) is 5.82 Å². The molecule has 1 aliphatic rings. The molecule has 0 fully saturated rings. The number of hydrogen-bond acceptors (Lipinski definition) is 6. The fourth-order valence-corrected chi connectivity index (χ4v) is 3.94. The number of benzene rings is 1. The molecule has 0 radical (unpaired) electrons. The first-order chi connectivity index (χ1) is 15.7. The van der Waals surface area contributed by atoms with Gasteiger partial charge >= 0.3 is 0 Å². The number of amides is 1. The number of nitrogens with zero attached hydrogens (tertiary/aromatic N) is 5. The summed E-state index contributed by atoms with van der Waals surface area (Å²) in [6.07, 6.45) is 8.39. The fourth-order valence-electron chi connectivity index (χ4n) is 3.94. The van der Waals surface area contributed by atoms with E-state index in [0.717, 1.165) is 54.3 Å². The second kappa shape index (κ2) is 10.2. The largest absolute Gasteiger partial charge is 0.378 e. The van der Waals surface area contributed by atoms with Crippen LogP contribution in [0.4, 0.5) is 5.69 Å². The van der Waals surface area contributed by atoms with Crippen LogP contribution in [0.1, 0.15) is 58.8 Å². The molecule has 1 amide bonds. The predicted molar refractivity (Wildman–Crippen MR) is 125 cm³/mol. The zero-order chi connectivity index (χ0) is 22.3. The molecule has 0 spiro atoms. The molecule has 2 aromatic heterocycles. The van der Waals surface area contributed by atoms with Gasteiger partial charge in [-0.2, -0.15) is 0 Å². The summed E-state index contributed by atoms with van der Waals surface area (Å²) in [5.74, 6) is 2.14. The smallest absolute Gasteiger partial charge is 0.251 e. The Kier molecular flexibility index (Phi) is 6.89. The maximum Gasteiger partial charge on any atom is 0.251 e. The number of rotatable bonds is 8. The number of aryl methyl sites for hydroxylation is 1. The van der Waals surface area contributed by atoms with E-state index in [9.17, 15) is 4.79 Å². The van der Waals surface area contributed by atoms with Crippen molar-refractivity contribution in [2.24, 2.45) is 12.0 Å². The van der Waals surface area contributed by atoms with E-state index < -0.39 is 0 Å². The highest BCUT2D eigenvalue weighted by Crippen LogP contribution is 2.23. The van der Waals surface area contributed by atoms with E-state index in [4.69, 9.17) is 0 Å². The van der Waals surface area contributed by atoms with Crippen LogP contribution in [0.15, 0.2) is 47.7 Å². The molecule has 0 saturated carbocycles. The highest BCUT2D eigenvalue weighted by molar-refractivity contribution is 5.95. The maximum absolute atomic E-state index is 12.7. The summed E-state index contributed by atoms with van der Waals surface area (Å²) in [7, 11) is 2.01. The van der Waals surface area contributed by atoms with Crippen molar-refractivity contribution in [2.45, 2.75) is 45.2 Å². The second-order valence-corrected chi connectivity index (χ2v) is 7.96. The minimum absolute atomic E-state index is 0.104. The van der Waals surface area contributed by atoms with Crippen molar-refractivity contribution in [3.63, 3.8) is 0 Å². The number of carbonyl (C=O) groups excluding carboxylic acids is 1. The first-order valence-corrected chi connectivity index (χ1v) is 11.1. The standard InChI is InChI=1S/C24H29N7O/c1-3-17-14-26-12-9-20(17)15-28-24(32)19-5-4-6-21(13-19)27-16-22-29-30-23(31(22)2)18-7-10-25-11-8-18/h4-6,9-10,12-14,18,27H,3,7-8,11,15-16H2,1-2H3,(H,28,32). The van der Waals surface area contributed by atoms with Crippen molar-refractivity contribution in [1.82, 2.24) is 25.1 Å². The van der Waals surface area contributed by atoms with Gasteiger partial charge in [0, 0.05) is 49.7 Å². The molecule has 2 N–H and O–H groups in total. The Morgan fingerprint density at radius 2 is 2.09 bits per heavy atom. The summed E-state index contributed by atoms with van der Waals surface area (Å²) in [5.41, 5.74) is 3.71. The van der Waals surface area contributed by atoms with Gasteiger partial charge in [-0.05, 0) is 60.9 Å². The van der Waals surface area contributed by atoms with Crippen LogP contribution in [-0.2, 0) is 26.6 Å². The Morgan fingerprint density at radius 1 is 1.19 bits per heavy atom. The Morgan fingerprint density at radius 3 is 2.91 bits per heavy atom. The Labute approximate surface area is 188 Å². The molecule has 8 heteroatoms. The summed E-state index contributed by atoms with van der Waals surface area (Å²) >= 11 is 0. The highest BCUT2D eigenvalue weighted by atomic mass is 16.1. The Bertz CT molecular complexity index is 1110. The number of aromatic nitrogens is 4. The van der Waals surface area contributed by atoms with Gasteiger partial charge < -0.3 is 15.2 Å². The molecule has 1 unspecified atom stereocenters. The zero-order valence-electron chi connectivity index (χ0n) is 18.6. The van der Waals surface area contributed by atoms with E-state index in [1.807, 2.05) is 49.8 Å². The third-order valence-electron chi connectivity index (χ3n) is 5.89. The SMILES string of the molecule is CCc1cnccc1CNC(=O)c1cccc(NCc2nnc(C3CC=NCC3)n2C)c1. The molecule has 166 valence electrons. The van der Waals surface area contributed by atoms with Crippen LogP contribution in [-0.4, -0.2) is 38.4 Å². The van der Waals surface area contributed by atoms with Gasteiger partial charge in [0.05, 0.1) is 6.54 Å². The van der Waals surface area contributed by atoms with Gasteiger partial charge in [0.15, 0.2) is 5.82 Å². The molecule has 8 nitrogen and oxygen atoms in total. The topological polar surface area (TPSA) is 97.1 Å². The fraction of sp³-hybridized carbons (Fsp3) is 0.375. The maximum atomic E-state index is 12.7. The molecule has 3 heterocycles. The normalized spacial score (nSPS) is 15.5. The molecular weight excluding hydrogens is 402 g/mol. The minimum atomic E-state index is -0.104. The van der Waals surface area contributed by atoms with E-state index in [0.29, 0.717) is 24.6 Å². The van der Waals surface area contributed by atoms with Gasteiger partial charge in [-0.3, -0.25) is 14.8 Å². The van der Waals surface area contributed by atoms with Crippen molar-refractivity contribution in [1.29, 1.82) is 0 Å². The molecule has 3 aromatic rings. The quantitative estimate of drug-likeness (QED) is 0.571. The number of anilines is 1. The van der Waals surface area contributed by atoms with E-state index in [2.05, 4.69) is 42.3 Å². The molecule has 0 bridgehead atoms. The zero-order valence-corrected chi connectivity index (χ0v) is 18.6. The third kappa shape index (κ3) is 5.01. The van der Waals surface area contributed by atoms with Crippen LogP contribution < -0.4 is 10.6 Å². The van der Waals surface area contributed by atoms with E-state index in [-0.39, 0.29) is 5.91 Å². The number of aliphatic imine (C=N–C) groups is 1. The Balaban J connectivity index is 1.36. The van der Waals surface area contributed by atoms with E-state index >= 15 is 0 Å². The molecule has 1 atom stereocenters. The minimum Gasteiger partial charge on any atom is -0.378 e. The van der Waals surface area contributed by atoms with Gasteiger partial charge in [-0.1, -0.05) is 13.0 Å². The van der Waals surface area contributed by atoms with Crippen molar-refractivity contribution in [2.75, 3.05) is 11.9 Å². The van der Waals surface area contributed by atoms with Gasteiger partial charge in [0.25, 0.3) is 5.91 Å². The van der Waals surface area contributed by atoms with Crippen LogP contribution in [0.2, 0.25) is 0 Å². The summed E-state index contributed by atoms with van der Waals surface area (Å²) in [4.78, 5) is 21.1. The second-order valence-electron chi connectivity index (χ2n) is 7.96. The molecule has 32 heavy (non-hydrogen) atoms. The molecular formula is C24H29N7O. The van der Waals surface area contributed by atoms with Crippen LogP contribution >= 0.6 is 0 Å². The van der Waals surface area contributed by atoms with Gasteiger partial charge in [-0.25, -0.2) is 0 Å². The van der Waals surface area contributed by atoms with Crippen molar-refractivity contribution in [3.05, 3.63) is 71.1 Å². The average Bonchev–Trinajstić information content (AvgIpc) is 3.22. The third-order valence-corrected chi connectivity index (χ3v) is 5.89. The van der Waals surface area contributed by atoms with Crippen molar-refractivity contribution < 1.29 is 4.79 Å². The van der Waals surface area contributed by atoms with Crippen molar-refractivity contribution in [3.8, 4) is 0 Å². The average molecular weight is 432 g/mol. The van der Waals surface area contributed by atoms with Crippen LogP contribution in [0, 0.1) is 0 Å². The molecule has 4 rings (SSSR count). The lowest BCUT2D eigenvalue weighted by Crippen LogP contribution is -2.23. The van der Waals surface area contributed by atoms with E-state index in [1.54, 1.807) is 6.20 Å². The first kappa shape index (κ1) is 21.7. The predicted octanol–water partition coefficient (Wildman–Crippen LogP) is 3.26. The molecule has 0 saturated heterocycles. The van der Waals surface area contributed by atoms with E-state index in [1.165, 1.54) is 0 Å². The van der Waals surface area contributed by atoms with Crippen LogP contribution in [0.3, 0.4) is 0 Å². The molecule has 1 aliphatic heterocycles. The highest BCUT2D eigenvalue weighted by Gasteiger charge is 2.20. The lowest BCUT2D eigenvalue weighted by atomic mass is 9.99. The van der Waals surface area contributed by atoms with Crippen LogP contribution in [0.5, 0.6) is 0 Å². The van der Waals surface area contributed by atoms with Crippen molar-refractivity contribution >= 4 is 17.8 Å². The lowest BCUT2D eigenvalue weighted by Gasteiger charge is -2.16. The molecule has 0 aliphatic carbocycles. The van der Waals surface area contributed by atoms with Crippen LogP contribution in [0.25, 0.3) is 0 Å². The number of carbonyl (C=O) groups is 1. The number of pyridine rings is 1. The summed E-state index contributed by atoms with van der Waals surface area (Å²) in [5, 5.41) is 15.1. The summed E-state index contributed by atoms with van der Waals surface area (Å²) < 4.78 is 2.06. The lowest BCUT2D eigenvalue weighted by molar-refractivity contribution is 0.0951. The van der Waals surface area contributed by atoms with Gasteiger partial charge in [-0.15, -0.1) is 10.2 Å². The monoisotopic (exact) mass is 431 g/mol. The van der Waals surface area contributed by atoms with Gasteiger partial charge in [0.2, 0.25) is 0 Å². The Hall–Kier alpha value is -3.55. The summed E-state index contributed by atoms with van der Waals surface area (Å²) in [6, 6.07) is 9.46. The number of hydrogen-bond donors (Lipinski definition) is 2. The number of nitrogens with one attached hydrogen (secondary N) is 2.